The molecule has 0 bridgehead atoms. The molecule has 1 atom stereocenters. The topological polar surface area (TPSA) is 85.4 Å². The van der Waals surface area contributed by atoms with E-state index in [0.717, 1.165) is 43.0 Å². The first-order chi connectivity index (χ1) is 13.0. The molecule has 0 radical (unpaired) electrons. The fourth-order valence-electron chi connectivity index (χ4n) is 3.57. The summed E-state index contributed by atoms with van der Waals surface area (Å²) in [4.78, 5) is 13.2. The lowest BCUT2D eigenvalue weighted by Gasteiger charge is -2.26. The molecule has 1 aromatic carbocycles. The van der Waals surface area contributed by atoms with Crippen LogP contribution < -0.4 is 11.1 Å². The number of nitrogens with zero attached hydrogens (tertiary/aromatic N) is 3. The summed E-state index contributed by atoms with van der Waals surface area (Å²) in [5, 5.41) is 8.14. The molecule has 4 rings (SSSR count). The number of benzene rings is 1. The monoisotopic (exact) mass is 393 g/mol. The molecule has 1 fully saturated rings. The maximum atomic E-state index is 13.6. The van der Waals surface area contributed by atoms with Crippen molar-refractivity contribution in [1.29, 1.82) is 0 Å². The minimum atomic E-state index is -0.474. The molecule has 0 spiro atoms. The Hall–Kier alpha value is -2.32. The van der Waals surface area contributed by atoms with E-state index in [2.05, 4.69) is 10.4 Å². The van der Waals surface area contributed by atoms with Gasteiger partial charge in [0.1, 0.15) is 5.82 Å². The number of hydrogen-bond donors (Lipinski definition) is 2. The van der Waals surface area contributed by atoms with Crippen LogP contribution in [0.25, 0.3) is 11.1 Å². The van der Waals surface area contributed by atoms with Crippen LogP contribution in [0.5, 0.6) is 0 Å². The number of urea groups is 1. The maximum Gasteiger partial charge on any atom is 0.315 e. The predicted octanol–water partition coefficient (Wildman–Crippen LogP) is 2.69. The Morgan fingerprint density at radius 1 is 1.44 bits per heavy atom. The third kappa shape index (κ3) is 3.59. The van der Waals surface area contributed by atoms with Crippen molar-refractivity contribution in [2.24, 2.45) is 11.7 Å². The second-order valence-corrected chi connectivity index (χ2v) is 7.30. The Labute approximate surface area is 161 Å². The normalized spacial score (nSPS) is 19.2. The van der Waals surface area contributed by atoms with Crippen LogP contribution in [-0.4, -0.2) is 47.0 Å². The largest absolute Gasteiger partial charge is 0.381 e. The second-order valence-electron chi connectivity index (χ2n) is 6.89. The number of ether oxygens (including phenoxy) is 1. The lowest BCUT2D eigenvalue weighted by Crippen LogP contribution is -2.41. The summed E-state index contributed by atoms with van der Waals surface area (Å²) in [6, 6.07) is 4.13. The van der Waals surface area contributed by atoms with Crippen molar-refractivity contribution in [2.75, 3.05) is 31.6 Å². The zero-order chi connectivity index (χ0) is 19.0. The van der Waals surface area contributed by atoms with Gasteiger partial charge in [-0.2, -0.15) is 5.10 Å². The van der Waals surface area contributed by atoms with Gasteiger partial charge in [-0.1, -0.05) is 17.7 Å². The van der Waals surface area contributed by atoms with Crippen molar-refractivity contribution in [2.45, 2.75) is 19.5 Å². The average molecular weight is 394 g/mol. The Morgan fingerprint density at radius 2 is 2.30 bits per heavy atom. The van der Waals surface area contributed by atoms with E-state index >= 15 is 0 Å². The third-order valence-electron chi connectivity index (χ3n) is 5.08. The van der Waals surface area contributed by atoms with E-state index in [9.17, 15) is 9.18 Å². The van der Waals surface area contributed by atoms with Crippen LogP contribution in [-0.2, 0) is 17.8 Å². The van der Waals surface area contributed by atoms with E-state index in [4.69, 9.17) is 22.1 Å². The molecule has 3 heterocycles. The lowest BCUT2D eigenvalue weighted by molar-refractivity contribution is 0.187. The number of carbonyl (C=O) groups excluding carboxylic acids is 1. The van der Waals surface area contributed by atoms with Gasteiger partial charge < -0.3 is 20.7 Å². The average Bonchev–Trinajstić information content (AvgIpc) is 3.28. The molecule has 2 amide bonds. The van der Waals surface area contributed by atoms with Gasteiger partial charge in [-0.3, -0.25) is 4.68 Å². The Bertz CT molecular complexity index is 866. The second kappa shape index (κ2) is 7.36. The highest BCUT2D eigenvalue weighted by Crippen LogP contribution is 2.36. The first-order valence-corrected chi connectivity index (χ1v) is 9.32. The van der Waals surface area contributed by atoms with Gasteiger partial charge in [0, 0.05) is 31.2 Å². The number of aromatic nitrogens is 2. The molecule has 3 N–H and O–H groups in total. The predicted molar refractivity (Wildman–Crippen MR) is 100 cm³/mol. The summed E-state index contributed by atoms with van der Waals surface area (Å²) < 4.78 is 21.0. The van der Waals surface area contributed by atoms with Gasteiger partial charge in [0.25, 0.3) is 0 Å². The first-order valence-electron chi connectivity index (χ1n) is 8.94. The fourth-order valence-corrected chi connectivity index (χ4v) is 3.75. The van der Waals surface area contributed by atoms with Gasteiger partial charge >= 0.3 is 6.03 Å². The molecule has 2 aliphatic heterocycles. The van der Waals surface area contributed by atoms with Crippen LogP contribution in [0.4, 0.5) is 15.0 Å². The van der Waals surface area contributed by atoms with Gasteiger partial charge in [-0.05, 0) is 24.1 Å². The SMILES string of the molecule is NC(=O)N1CCn2nc(NCC3CCOC3)c(-c3ccc(F)c(Cl)c3)c2C1. The van der Waals surface area contributed by atoms with Crippen molar-refractivity contribution in [3.05, 3.63) is 34.7 Å². The number of nitrogens with two attached hydrogens (primary N) is 1. The van der Waals surface area contributed by atoms with Crippen LogP contribution in [0, 0.1) is 11.7 Å². The Balaban J connectivity index is 1.71. The highest BCUT2D eigenvalue weighted by atomic mass is 35.5. The number of primary amides is 1. The van der Waals surface area contributed by atoms with Gasteiger partial charge in [0.15, 0.2) is 5.82 Å². The highest BCUT2D eigenvalue weighted by molar-refractivity contribution is 6.31. The van der Waals surface area contributed by atoms with Crippen LogP contribution in [0.1, 0.15) is 12.1 Å². The molecule has 2 aromatic rings. The van der Waals surface area contributed by atoms with Crippen molar-refractivity contribution in [3.8, 4) is 11.1 Å². The molecular formula is C18H21ClFN5O2. The summed E-state index contributed by atoms with van der Waals surface area (Å²) in [6.45, 7) is 3.64. The summed E-state index contributed by atoms with van der Waals surface area (Å²) in [7, 11) is 0. The van der Waals surface area contributed by atoms with Gasteiger partial charge in [0.2, 0.25) is 0 Å². The molecule has 1 unspecified atom stereocenters. The van der Waals surface area contributed by atoms with Crippen LogP contribution in [0.2, 0.25) is 5.02 Å². The maximum absolute atomic E-state index is 13.6. The van der Waals surface area contributed by atoms with Crippen LogP contribution >= 0.6 is 11.6 Å². The Kier molecular flexibility index (Phi) is 4.92. The molecule has 0 saturated carbocycles. The molecular weight excluding hydrogens is 373 g/mol. The quantitative estimate of drug-likeness (QED) is 0.836. The fraction of sp³-hybridized carbons (Fsp3) is 0.444. The van der Waals surface area contributed by atoms with Crippen LogP contribution in [0.3, 0.4) is 0 Å². The zero-order valence-corrected chi connectivity index (χ0v) is 15.5. The number of rotatable bonds is 4. The van der Waals surface area contributed by atoms with E-state index in [1.807, 2.05) is 4.68 Å². The van der Waals surface area contributed by atoms with E-state index in [1.165, 1.54) is 6.07 Å². The number of hydrogen-bond acceptors (Lipinski definition) is 4. The number of anilines is 1. The minimum absolute atomic E-state index is 0.0464. The molecule has 144 valence electrons. The number of carbonyl (C=O) groups is 1. The lowest BCUT2D eigenvalue weighted by atomic mass is 10.0. The van der Waals surface area contributed by atoms with E-state index in [-0.39, 0.29) is 5.02 Å². The first kappa shape index (κ1) is 18.1. The van der Waals surface area contributed by atoms with Crippen molar-refractivity contribution in [1.82, 2.24) is 14.7 Å². The zero-order valence-electron chi connectivity index (χ0n) is 14.8. The van der Waals surface area contributed by atoms with E-state index in [1.54, 1.807) is 17.0 Å². The molecule has 7 nitrogen and oxygen atoms in total. The third-order valence-corrected chi connectivity index (χ3v) is 5.37. The van der Waals surface area contributed by atoms with Crippen LogP contribution in [0.15, 0.2) is 18.2 Å². The molecule has 0 aliphatic carbocycles. The van der Waals surface area contributed by atoms with Gasteiger partial charge in [-0.15, -0.1) is 0 Å². The van der Waals surface area contributed by atoms with Gasteiger partial charge in [0.05, 0.1) is 30.4 Å². The summed E-state index contributed by atoms with van der Waals surface area (Å²) in [5.74, 6) is 0.652. The molecule has 9 heteroatoms. The standard InChI is InChI=1S/C18H21ClFN5O2/c19-13-7-12(1-2-14(13)20)16-15-9-24(18(21)26)4-5-25(15)23-17(16)22-8-11-3-6-27-10-11/h1-2,7,11H,3-6,8-10H2,(H2,21,26)(H,22,23). The van der Waals surface area contributed by atoms with E-state index < -0.39 is 11.8 Å². The number of amides is 2. The van der Waals surface area contributed by atoms with E-state index in [0.29, 0.717) is 31.4 Å². The number of halogens is 2. The molecule has 1 aromatic heterocycles. The molecule has 27 heavy (non-hydrogen) atoms. The molecule has 1 saturated heterocycles. The van der Waals surface area contributed by atoms with Crippen molar-refractivity contribution >= 4 is 23.4 Å². The molecule has 2 aliphatic rings. The number of nitrogens with one attached hydrogen (secondary N) is 1. The van der Waals surface area contributed by atoms with Gasteiger partial charge in [-0.25, -0.2) is 9.18 Å². The summed E-state index contributed by atoms with van der Waals surface area (Å²) in [6.07, 6.45) is 1.01. The minimum Gasteiger partial charge on any atom is -0.381 e. The van der Waals surface area contributed by atoms with Crippen molar-refractivity contribution < 1.29 is 13.9 Å². The smallest absolute Gasteiger partial charge is 0.315 e. The Morgan fingerprint density at radius 3 is 3.00 bits per heavy atom. The highest BCUT2D eigenvalue weighted by Gasteiger charge is 2.27. The summed E-state index contributed by atoms with van der Waals surface area (Å²) >= 11 is 6.00. The van der Waals surface area contributed by atoms with Crippen molar-refractivity contribution in [3.63, 3.8) is 0 Å². The number of fused-ring (bicyclic) bond motifs is 1. The summed E-state index contributed by atoms with van der Waals surface area (Å²) in [5.41, 5.74) is 7.89.